The molecule has 24 heavy (non-hydrogen) atoms. The predicted molar refractivity (Wildman–Crippen MR) is 96.6 cm³/mol. The van der Waals surface area contributed by atoms with Crippen LogP contribution in [-0.4, -0.2) is 34.0 Å². The number of carbonyl (C=O) groups is 1. The van der Waals surface area contributed by atoms with Crippen molar-refractivity contribution >= 4 is 28.9 Å². The Hall–Kier alpha value is -1.43. The summed E-state index contributed by atoms with van der Waals surface area (Å²) in [5, 5.41) is 13.2. The number of nitrogens with zero attached hydrogens (tertiary/aromatic N) is 2. The van der Waals surface area contributed by atoms with Gasteiger partial charge in [-0.25, -0.2) is 4.98 Å². The van der Waals surface area contributed by atoms with Gasteiger partial charge in [0.1, 0.15) is 0 Å². The number of piperidine rings is 1. The van der Waals surface area contributed by atoms with Gasteiger partial charge >= 0.3 is 5.97 Å². The van der Waals surface area contributed by atoms with Crippen molar-refractivity contribution in [2.75, 3.05) is 13.1 Å². The molecule has 1 fully saturated rings. The van der Waals surface area contributed by atoms with E-state index in [1.165, 1.54) is 5.56 Å². The maximum absolute atomic E-state index is 11.3. The number of carboxylic acids is 1. The molecule has 1 aliphatic heterocycles. The van der Waals surface area contributed by atoms with Crippen LogP contribution in [0.1, 0.15) is 29.6 Å². The van der Waals surface area contributed by atoms with Gasteiger partial charge in [0.05, 0.1) is 16.6 Å². The van der Waals surface area contributed by atoms with Crippen molar-refractivity contribution in [3.05, 3.63) is 50.9 Å². The number of hydrogen-bond acceptors (Lipinski definition) is 4. The summed E-state index contributed by atoms with van der Waals surface area (Å²) in [5.41, 5.74) is 2.22. The third-order valence-corrected chi connectivity index (χ3v) is 5.49. The first-order valence-electron chi connectivity index (χ1n) is 8.12. The van der Waals surface area contributed by atoms with Gasteiger partial charge in [0.25, 0.3) is 0 Å². The Morgan fingerprint density at radius 1 is 1.38 bits per heavy atom. The van der Waals surface area contributed by atoms with Gasteiger partial charge in [-0.3, -0.25) is 9.69 Å². The smallest absolute Gasteiger partial charge is 0.307 e. The van der Waals surface area contributed by atoms with Crippen LogP contribution < -0.4 is 0 Å². The number of thiazole rings is 1. The van der Waals surface area contributed by atoms with E-state index >= 15 is 0 Å². The third-order valence-electron chi connectivity index (χ3n) is 4.34. The minimum Gasteiger partial charge on any atom is -0.481 e. The van der Waals surface area contributed by atoms with E-state index in [9.17, 15) is 9.90 Å². The molecule has 1 aromatic heterocycles. The number of carboxylic acid groups (broad SMARTS) is 1. The van der Waals surface area contributed by atoms with Gasteiger partial charge in [-0.05, 0) is 30.0 Å². The lowest BCUT2D eigenvalue weighted by Gasteiger charge is -2.34. The van der Waals surface area contributed by atoms with Gasteiger partial charge in [-0.15, -0.1) is 11.3 Å². The molecule has 0 amide bonds. The summed E-state index contributed by atoms with van der Waals surface area (Å²) in [4.78, 5) is 18.2. The second-order valence-electron chi connectivity index (χ2n) is 6.61. The summed E-state index contributed by atoms with van der Waals surface area (Å²) in [7, 11) is 0. The Morgan fingerprint density at radius 3 is 2.83 bits per heavy atom. The second-order valence-corrected chi connectivity index (χ2v) is 7.99. The van der Waals surface area contributed by atoms with Crippen molar-refractivity contribution < 1.29 is 9.90 Å². The molecule has 2 aromatic rings. The molecule has 4 nitrogen and oxygen atoms in total. The average molecular weight is 365 g/mol. The molecule has 0 spiro atoms. The van der Waals surface area contributed by atoms with Crippen LogP contribution in [0.15, 0.2) is 29.6 Å². The van der Waals surface area contributed by atoms with E-state index < -0.39 is 5.97 Å². The molecule has 3 rings (SSSR count). The summed E-state index contributed by atoms with van der Waals surface area (Å²) in [6, 6.07) is 7.83. The summed E-state index contributed by atoms with van der Waals surface area (Å²) < 4.78 is 0. The molecule has 2 unspecified atom stereocenters. The van der Waals surface area contributed by atoms with Crippen LogP contribution in [0, 0.1) is 11.8 Å². The first-order chi connectivity index (χ1) is 11.5. The van der Waals surface area contributed by atoms with E-state index in [0.29, 0.717) is 12.5 Å². The van der Waals surface area contributed by atoms with Crippen LogP contribution in [0.3, 0.4) is 0 Å². The van der Waals surface area contributed by atoms with E-state index in [1.54, 1.807) is 11.3 Å². The molecular formula is C18H21ClN2O2S. The fourth-order valence-corrected chi connectivity index (χ4v) is 4.22. The highest BCUT2D eigenvalue weighted by Crippen LogP contribution is 2.24. The van der Waals surface area contributed by atoms with Crippen molar-refractivity contribution in [2.45, 2.75) is 26.3 Å². The van der Waals surface area contributed by atoms with Gasteiger partial charge in [0.15, 0.2) is 0 Å². The Morgan fingerprint density at radius 2 is 2.12 bits per heavy atom. The summed E-state index contributed by atoms with van der Waals surface area (Å²) >= 11 is 7.57. The molecule has 1 saturated heterocycles. The summed E-state index contributed by atoms with van der Waals surface area (Å²) in [6.07, 6.45) is 1.57. The molecule has 2 heterocycles. The highest BCUT2D eigenvalue weighted by atomic mass is 35.5. The largest absolute Gasteiger partial charge is 0.481 e. The maximum atomic E-state index is 11.3. The Kier molecular flexibility index (Phi) is 5.54. The van der Waals surface area contributed by atoms with Crippen LogP contribution in [0.2, 0.25) is 5.02 Å². The molecular weight excluding hydrogens is 344 g/mol. The SMILES string of the molecule is CC1CC(C(=O)O)CN(Cc2csc(Cc3ccc(Cl)cc3)n2)C1. The molecule has 1 N–H and O–H groups in total. The molecule has 1 aromatic carbocycles. The second kappa shape index (κ2) is 7.64. The summed E-state index contributed by atoms with van der Waals surface area (Å²) in [5.74, 6) is -0.541. The van der Waals surface area contributed by atoms with Crippen LogP contribution in [0.4, 0.5) is 0 Å². The molecule has 128 valence electrons. The van der Waals surface area contributed by atoms with Crippen molar-refractivity contribution in [1.82, 2.24) is 9.88 Å². The summed E-state index contributed by atoms with van der Waals surface area (Å²) in [6.45, 7) is 4.40. The molecule has 0 bridgehead atoms. The normalized spacial score (nSPS) is 21.8. The fraction of sp³-hybridized carbons (Fsp3) is 0.444. The monoisotopic (exact) mass is 364 g/mol. The van der Waals surface area contributed by atoms with E-state index in [4.69, 9.17) is 16.6 Å². The zero-order valence-corrected chi connectivity index (χ0v) is 15.2. The van der Waals surface area contributed by atoms with Gasteiger partial charge in [-0.2, -0.15) is 0 Å². The lowest BCUT2D eigenvalue weighted by molar-refractivity contribution is -0.144. The first-order valence-corrected chi connectivity index (χ1v) is 9.38. The molecule has 0 saturated carbocycles. The highest BCUT2D eigenvalue weighted by Gasteiger charge is 2.29. The van der Waals surface area contributed by atoms with Crippen LogP contribution in [-0.2, 0) is 17.8 Å². The van der Waals surface area contributed by atoms with E-state index in [1.807, 2.05) is 24.3 Å². The standard InChI is InChI=1S/C18H21ClN2O2S/c1-12-6-14(18(22)23)9-21(8-12)10-16-11-24-17(20-16)7-13-2-4-15(19)5-3-13/h2-5,11-12,14H,6-10H2,1H3,(H,22,23). The van der Waals surface area contributed by atoms with Crippen LogP contribution in [0.25, 0.3) is 0 Å². The molecule has 0 radical (unpaired) electrons. The van der Waals surface area contributed by atoms with Gasteiger partial charge < -0.3 is 5.11 Å². The minimum absolute atomic E-state index is 0.263. The van der Waals surface area contributed by atoms with Crippen molar-refractivity contribution in [3.63, 3.8) is 0 Å². The van der Waals surface area contributed by atoms with E-state index in [0.717, 1.165) is 41.7 Å². The van der Waals surface area contributed by atoms with E-state index in [2.05, 4.69) is 17.2 Å². The molecule has 2 atom stereocenters. The number of benzene rings is 1. The fourth-order valence-electron chi connectivity index (χ4n) is 3.28. The number of halogens is 1. The molecule has 6 heteroatoms. The predicted octanol–water partition coefficient (Wildman–Crippen LogP) is 3.93. The number of rotatable bonds is 5. The number of aliphatic carboxylic acids is 1. The maximum Gasteiger partial charge on any atom is 0.307 e. The van der Waals surface area contributed by atoms with Gasteiger partial charge in [-0.1, -0.05) is 30.7 Å². The third kappa shape index (κ3) is 4.56. The van der Waals surface area contributed by atoms with E-state index in [-0.39, 0.29) is 5.92 Å². The number of hydrogen-bond donors (Lipinski definition) is 1. The van der Waals surface area contributed by atoms with Gasteiger partial charge in [0.2, 0.25) is 0 Å². The Bertz CT molecular complexity index is 701. The quantitative estimate of drug-likeness (QED) is 0.873. The lowest BCUT2D eigenvalue weighted by Crippen LogP contribution is -2.42. The van der Waals surface area contributed by atoms with Crippen molar-refractivity contribution in [2.24, 2.45) is 11.8 Å². The lowest BCUT2D eigenvalue weighted by atomic mass is 9.90. The average Bonchev–Trinajstić information content (AvgIpc) is 2.96. The topological polar surface area (TPSA) is 53.4 Å². The molecule has 0 aliphatic carbocycles. The number of likely N-dealkylation sites (tertiary alicyclic amines) is 1. The van der Waals surface area contributed by atoms with Crippen LogP contribution in [0.5, 0.6) is 0 Å². The Labute approximate surface area is 151 Å². The zero-order chi connectivity index (χ0) is 17.1. The van der Waals surface area contributed by atoms with Crippen LogP contribution >= 0.6 is 22.9 Å². The molecule has 1 aliphatic rings. The minimum atomic E-state index is -0.687. The van der Waals surface area contributed by atoms with Crippen molar-refractivity contribution in [3.8, 4) is 0 Å². The van der Waals surface area contributed by atoms with Crippen molar-refractivity contribution in [1.29, 1.82) is 0 Å². The van der Waals surface area contributed by atoms with Gasteiger partial charge in [0, 0.05) is 36.5 Å². The first kappa shape index (κ1) is 17.4. The zero-order valence-electron chi connectivity index (χ0n) is 13.6. The number of aromatic nitrogens is 1. The Balaban J connectivity index is 1.61. The highest BCUT2D eigenvalue weighted by molar-refractivity contribution is 7.09.